The van der Waals surface area contributed by atoms with E-state index in [0.29, 0.717) is 0 Å². The summed E-state index contributed by atoms with van der Waals surface area (Å²) in [6, 6.07) is 8.19. The third-order valence-electron chi connectivity index (χ3n) is 4.86. The van der Waals surface area contributed by atoms with E-state index in [-0.39, 0.29) is 41.5 Å². The molecule has 11 heteroatoms. The number of aliphatic hydroxyl groups is 1. The number of hydrogen-bond donors (Lipinski definition) is 1. The number of benzene rings is 2. The first-order chi connectivity index (χ1) is 14.8. The van der Waals surface area contributed by atoms with Gasteiger partial charge in [-0.3, -0.25) is 4.18 Å². The fourth-order valence-corrected chi connectivity index (χ4v) is 3.93. The largest absolute Gasteiger partial charge is 0.491 e. The minimum absolute atomic E-state index is 0.0269. The summed E-state index contributed by atoms with van der Waals surface area (Å²) in [5.41, 5.74) is -1.24. The zero-order valence-corrected chi connectivity index (χ0v) is 18.5. The lowest BCUT2D eigenvalue weighted by Gasteiger charge is -2.26. The van der Waals surface area contributed by atoms with Crippen molar-refractivity contribution in [2.75, 3.05) is 19.8 Å². The Morgan fingerprint density at radius 1 is 1.09 bits per heavy atom. The zero-order chi connectivity index (χ0) is 23.7. The molecule has 174 valence electrons. The SMILES string of the molecule is Cc1ccc(S(=O)(=O)OCCOc2cc(C(F)(F)F)c3c(c2)ncn3C(C)(C)CO)cc1. The van der Waals surface area contributed by atoms with Gasteiger partial charge in [0.1, 0.15) is 19.0 Å². The average Bonchev–Trinajstić information content (AvgIpc) is 3.15. The average molecular weight is 472 g/mol. The van der Waals surface area contributed by atoms with Gasteiger partial charge in [-0.25, -0.2) is 4.98 Å². The highest BCUT2D eigenvalue weighted by Gasteiger charge is 2.36. The van der Waals surface area contributed by atoms with Gasteiger partial charge < -0.3 is 14.4 Å². The molecule has 0 fully saturated rings. The van der Waals surface area contributed by atoms with Crippen molar-refractivity contribution in [1.29, 1.82) is 0 Å². The van der Waals surface area contributed by atoms with Crippen molar-refractivity contribution in [1.82, 2.24) is 9.55 Å². The third kappa shape index (κ3) is 5.05. The first kappa shape index (κ1) is 24.0. The van der Waals surface area contributed by atoms with E-state index in [9.17, 15) is 26.7 Å². The van der Waals surface area contributed by atoms with Crippen molar-refractivity contribution < 1.29 is 35.6 Å². The Labute approximate surface area is 183 Å². The molecule has 0 atom stereocenters. The molecule has 3 rings (SSSR count). The second-order valence-electron chi connectivity index (χ2n) is 7.86. The first-order valence-electron chi connectivity index (χ1n) is 9.64. The van der Waals surface area contributed by atoms with Crippen LogP contribution in [0.3, 0.4) is 0 Å². The molecule has 32 heavy (non-hydrogen) atoms. The van der Waals surface area contributed by atoms with Crippen molar-refractivity contribution in [2.24, 2.45) is 0 Å². The quantitative estimate of drug-likeness (QED) is 0.395. The Balaban J connectivity index is 1.79. The lowest BCUT2D eigenvalue weighted by Crippen LogP contribution is -2.30. The van der Waals surface area contributed by atoms with Crippen molar-refractivity contribution in [3.63, 3.8) is 0 Å². The molecule has 0 bridgehead atoms. The molecule has 0 aliphatic heterocycles. The number of halogens is 3. The van der Waals surface area contributed by atoms with Gasteiger partial charge >= 0.3 is 6.18 Å². The Bertz CT molecular complexity index is 1200. The summed E-state index contributed by atoms with van der Waals surface area (Å²) >= 11 is 0. The van der Waals surface area contributed by atoms with E-state index in [1.54, 1.807) is 26.0 Å². The molecular weight excluding hydrogens is 449 g/mol. The van der Waals surface area contributed by atoms with Crippen LogP contribution >= 0.6 is 0 Å². The number of rotatable bonds is 8. The number of aromatic nitrogens is 2. The minimum Gasteiger partial charge on any atom is -0.491 e. The Morgan fingerprint density at radius 3 is 2.34 bits per heavy atom. The third-order valence-corrected chi connectivity index (χ3v) is 6.19. The molecule has 0 aliphatic rings. The van der Waals surface area contributed by atoms with Gasteiger partial charge in [0.2, 0.25) is 0 Å². The molecule has 1 aromatic heterocycles. The number of aliphatic hydroxyl groups excluding tert-OH is 1. The fraction of sp³-hybridized carbons (Fsp3) is 0.381. The number of ether oxygens (including phenoxy) is 1. The van der Waals surface area contributed by atoms with Gasteiger partial charge in [-0.2, -0.15) is 21.6 Å². The van der Waals surface area contributed by atoms with Gasteiger partial charge in [0.15, 0.2) is 0 Å². The number of aryl methyl sites for hydroxylation is 1. The summed E-state index contributed by atoms with van der Waals surface area (Å²) in [6.45, 7) is 3.92. The number of imidazole rings is 1. The van der Waals surface area contributed by atoms with Crippen LogP contribution in [0.5, 0.6) is 5.75 Å². The molecule has 2 aromatic carbocycles. The van der Waals surface area contributed by atoms with E-state index in [0.717, 1.165) is 11.6 Å². The van der Waals surface area contributed by atoms with Crippen LogP contribution in [0.15, 0.2) is 47.6 Å². The van der Waals surface area contributed by atoms with Crippen molar-refractivity contribution in [3.05, 3.63) is 53.9 Å². The van der Waals surface area contributed by atoms with Crippen LogP contribution in [0, 0.1) is 6.92 Å². The zero-order valence-electron chi connectivity index (χ0n) is 17.7. The highest BCUT2D eigenvalue weighted by molar-refractivity contribution is 7.86. The maximum Gasteiger partial charge on any atom is 0.418 e. The van der Waals surface area contributed by atoms with Crippen molar-refractivity contribution in [2.45, 2.75) is 37.4 Å². The smallest absolute Gasteiger partial charge is 0.418 e. The number of alkyl halides is 3. The predicted molar refractivity (Wildman–Crippen MR) is 111 cm³/mol. The van der Waals surface area contributed by atoms with E-state index in [4.69, 9.17) is 8.92 Å². The van der Waals surface area contributed by atoms with Gasteiger partial charge in [0, 0.05) is 6.07 Å². The lowest BCUT2D eigenvalue weighted by molar-refractivity contribution is -0.136. The van der Waals surface area contributed by atoms with Crippen LogP contribution in [0.4, 0.5) is 13.2 Å². The monoisotopic (exact) mass is 472 g/mol. The van der Waals surface area contributed by atoms with Crippen LogP contribution in [-0.2, 0) is 26.0 Å². The standard InChI is InChI=1S/C21H23F3N2O5S/c1-14-4-6-16(7-5-14)32(28,29)31-9-8-30-15-10-17(21(22,23)24)19-18(11-15)25-13-26(19)20(2,3)12-27/h4-7,10-11,13,27H,8-9,12H2,1-3H3. The molecule has 0 aliphatic carbocycles. The molecule has 1 N–H and O–H groups in total. The molecule has 0 saturated carbocycles. The van der Waals surface area contributed by atoms with E-state index < -0.39 is 27.4 Å². The summed E-state index contributed by atoms with van der Waals surface area (Å²) in [7, 11) is -4.01. The Kier molecular flexibility index (Phi) is 6.55. The van der Waals surface area contributed by atoms with E-state index in [1.807, 2.05) is 6.92 Å². The Hall–Kier alpha value is -2.63. The fourth-order valence-electron chi connectivity index (χ4n) is 3.03. The second kappa shape index (κ2) is 8.72. The van der Waals surface area contributed by atoms with Crippen molar-refractivity contribution >= 4 is 21.2 Å². The molecule has 0 spiro atoms. The van der Waals surface area contributed by atoms with E-state index >= 15 is 0 Å². The van der Waals surface area contributed by atoms with Crippen molar-refractivity contribution in [3.8, 4) is 5.75 Å². The Morgan fingerprint density at radius 2 is 1.75 bits per heavy atom. The molecule has 0 radical (unpaired) electrons. The lowest BCUT2D eigenvalue weighted by atomic mass is 10.1. The number of nitrogens with zero attached hydrogens (tertiary/aromatic N) is 2. The van der Waals surface area contributed by atoms with E-state index in [2.05, 4.69) is 4.98 Å². The van der Waals surface area contributed by atoms with Gasteiger partial charge in [-0.1, -0.05) is 17.7 Å². The first-order valence-corrected chi connectivity index (χ1v) is 11.0. The van der Waals surface area contributed by atoms with Crippen LogP contribution in [0.2, 0.25) is 0 Å². The summed E-state index contributed by atoms with van der Waals surface area (Å²) in [4.78, 5) is 4.00. The van der Waals surface area contributed by atoms with Gasteiger partial charge in [0.25, 0.3) is 10.1 Å². The van der Waals surface area contributed by atoms with Gasteiger partial charge in [0.05, 0.1) is 40.0 Å². The maximum atomic E-state index is 13.7. The number of fused-ring (bicyclic) bond motifs is 1. The van der Waals surface area contributed by atoms with Gasteiger partial charge in [-0.15, -0.1) is 0 Å². The van der Waals surface area contributed by atoms with E-state index in [1.165, 1.54) is 29.1 Å². The number of hydrogen-bond acceptors (Lipinski definition) is 6. The maximum absolute atomic E-state index is 13.7. The minimum atomic E-state index is -4.70. The van der Waals surface area contributed by atoms with Crippen LogP contribution in [0.1, 0.15) is 25.0 Å². The molecule has 1 heterocycles. The van der Waals surface area contributed by atoms with Crippen LogP contribution in [0.25, 0.3) is 11.0 Å². The van der Waals surface area contributed by atoms with Crippen LogP contribution in [-0.4, -0.2) is 42.9 Å². The highest BCUT2D eigenvalue weighted by Crippen LogP contribution is 2.39. The molecule has 0 amide bonds. The summed E-state index contributed by atoms with van der Waals surface area (Å²) in [5.74, 6) is -0.131. The molecule has 7 nitrogen and oxygen atoms in total. The molecule has 0 saturated heterocycles. The summed E-state index contributed by atoms with van der Waals surface area (Å²) < 4.78 is 77.1. The summed E-state index contributed by atoms with van der Waals surface area (Å²) in [6.07, 6.45) is -3.47. The van der Waals surface area contributed by atoms with Crippen LogP contribution < -0.4 is 4.74 Å². The topological polar surface area (TPSA) is 90.7 Å². The highest BCUT2D eigenvalue weighted by atomic mass is 32.2. The van der Waals surface area contributed by atoms with Gasteiger partial charge in [-0.05, 0) is 39.0 Å². The molecule has 3 aromatic rings. The second-order valence-corrected chi connectivity index (χ2v) is 9.47. The predicted octanol–water partition coefficient (Wildman–Crippen LogP) is 3.88. The molecule has 0 unspecified atom stereocenters. The molecular formula is C21H23F3N2O5S. The normalized spacial score (nSPS) is 13.0. The summed E-state index contributed by atoms with van der Waals surface area (Å²) in [5, 5.41) is 9.56.